The molecule has 2 fully saturated rings. The Labute approximate surface area is 207 Å². The van der Waals surface area contributed by atoms with Gasteiger partial charge in [0.2, 0.25) is 6.41 Å². The van der Waals surface area contributed by atoms with Gasteiger partial charge in [0.25, 0.3) is 5.91 Å². The lowest BCUT2D eigenvalue weighted by Gasteiger charge is -2.37. The number of piperazine rings is 1. The van der Waals surface area contributed by atoms with Gasteiger partial charge in [-0.2, -0.15) is 0 Å². The van der Waals surface area contributed by atoms with E-state index in [9.17, 15) is 18.4 Å². The van der Waals surface area contributed by atoms with Crippen molar-refractivity contribution >= 4 is 29.6 Å². The summed E-state index contributed by atoms with van der Waals surface area (Å²) in [7, 11) is 0. The van der Waals surface area contributed by atoms with Crippen LogP contribution in [0.5, 0.6) is 0 Å². The molecule has 1 aromatic rings. The molecule has 1 saturated carbocycles. The number of carbonyl (C=O) groups excluding carboxylic acids is 2. The third-order valence-electron chi connectivity index (χ3n) is 6.89. The van der Waals surface area contributed by atoms with E-state index in [0.717, 1.165) is 23.2 Å². The van der Waals surface area contributed by atoms with Crippen molar-refractivity contribution in [2.24, 2.45) is 11.3 Å². The second-order valence-corrected chi connectivity index (χ2v) is 9.56. The molecular formula is C25H27ClF2N4O3. The Morgan fingerprint density at radius 2 is 2.11 bits per heavy atom. The number of nitrogens with zero attached hydrogens (tertiary/aromatic N) is 4. The summed E-state index contributed by atoms with van der Waals surface area (Å²) in [6.07, 6.45) is 10.5. The quantitative estimate of drug-likeness (QED) is 0.439. The predicted octanol–water partition coefficient (Wildman–Crippen LogP) is 4.45. The lowest BCUT2D eigenvalue weighted by molar-refractivity contribution is -0.135. The standard InChI is InChI=1S/C25H27ClF2N4O3/c1-16-8-20(26)23(28)21(27)12-35-11-19-9-25(16,19)13-30-6-7-31(15-33)22(24(30)34)5-4-18(3)32-10-17(2)29-14-32/h4-5,8,10,12,14-15,19H,6-7,9,11,13H2,1-3H3/b16-8+,18-4+,21-12-,22-5-,23-20-/t19?,25-/m1/s1. The summed E-state index contributed by atoms with van der Waals surface area (Å²) in [6.45, 7) is 6.82. The molecule has 1 aromatic heterocycles. The van der Waals surface area contributed by atoms with Gasteiger partial charge in [0.1, 0.15) is 12.0 Å². The highest BCUT2D eigenvalue weighted by molar-refractivity contribution is 6.31. The average molecular weight is 505 g/mol. The van der Waals surface area contributed by atoms with Gasteiger partial charge in [-0.15, -0.1) is 0 Å². The first-order chi connectivity index (χ1) is 16.7. The number of fused-ring (bicyclic) bond motifs is 1. The number of amides is 2. The zero-order chi connectivity index (χ0) is 25.3. The minimum absolute atomic E-state index is 0.0179. The fourth-order valence-electron chi connectivity index (χ4n) is 4.60. The smallest absolute Gasteiger partial charge is 0.270 e. The van der Waals surface area contributed by atoms with Gasteiger partial charge in [-0.05, 0) is 45.4 Å². The first-order valence-corrected chi connectivity index (χ1v) is 11.7. The maximum Gasteiger partial charge on any atom is 0.270 e. The van der Waals surface area contributed by atoms with Crippen LogP contribution >= 0.6 is 11.6 Å². The van der Waals surface area contributed by atoms with Crippen molar-refractivity contribution in [3.63, 3.8) is 0 Å². The first kappa shape index (κ1) is 24.9. The van der Waals surface area contributed by atoms with Crippen LogP contribution in [-0.4, -0.2) is 57.9 Å². The van der Waals surface area contributed by atoms with Crippen LogP contribution in [0.4, 0.5) is 8.78 Å². The Balaban J connectivity index is 1.59. The van der Waals surface area contributed by atoms with Gasteiger partial charge in [-0.3, -0.25) is 9.59 Å². The van der Waals surface area contributed by atoms with Gasteiger partial charge >= 0.3 is 0 Å². The van der Waals surface area contributed by atoms with Crippen LogP contribution in [0.3, 0.4) is 0 Å². The topological polar surface area (TPSA) is 67.7 Å². The Kier molecular flexibility index (Phi) is 6.98. The zero-order valence-electron chi connectivity index (χ0n) is 19.8. The van der Waals surface area contributed by atoms with Crippen LogP contribution in [0.25, 0.3) is 5.70 Å². The molecule has 3 heterocycles. The second kappa shape index (κ2) is 9.81. The van der Waals surface area contributed by atoms with Gasteiger partial charge < -0.3 is 19.1 Å². The van der Waals surface area contributed by atoms with E-state index in [-0.39, 0.29) is 29.2 Å². The number of imidazole rings is 1. The number of carbonyl (C=O) groups is 2. The zero-order valence-corrected chi connectivity index (χ0v) is 20.6. The third kappa shape index (κ3) is 4.96. The molecule has 35 heavy (non-hydrogen) atoms. The van der Waals surface area contributed by atoms with Gasteiger partial charge in [-0.25, -0.2) is 13.8 Å². The van der Waals surface area contributed by atoms with E-state index < -0.39 is 17.1 Å². The first-order valence-electron chi connectivity index (χ1n) is 11.3. The van der Waals surface area contributed by atoms with Crippen molar-refractivity contribution in [3.05, 3.63) is 70.7 Å². The number of allylic oxidation sites excluding steroid dienone is 7. The maximum absolute atomic E-state index is 14.1. The summed E-state index contributed by atoms with van der Waals surface area (Å²) in [4.78, 5) is 32.4. The van der Waals surface area contributed by atoms with Gasteiger partial charge in [0.05, 0.1) is 23.7 Å². The maximum atomic E-state index is 14.1. The lowest BCUT2D eigenvalue weighted by atomic mass is 9.92. The predicted molar refractivity (Wildman–Crippen MR) is 128 cm³/mol. The van der Waals surface area contributed by atoms with Crippen LogP contribution in [-0.2, 0) is 14.3 Å². The summed E-state index contributed by atoms with van der Waals surface area (Å²) < 4.78 is 35.1. The molecular weight excluding hydrogens is 478 g/mol. The van der Waals surface area contributed by atoms with Crippen molar-refractivity contribution < 1.29 is 23.1 Å². The minimum atomic E-state index is -1.18. The molecule has 2 aliphatic heterocycles. The molecule has 1 unspecified atom stereocenters. The minimum Gasteiger partial charge on any atom is -0.498 e. The summed E-state index contributed by atoms with van der Waals surface area (Å²) in [5.74, 6) is -2.60. The normalized spacial score (nSPS) is 31.8. The van der Waals surface area contributed by atoms with Crippen molar-refractivity contribution in [1.82, 2.24) is 19.4 Å². The molecule has 10 heteroatoms. The Hall–Kier alpha value is -3.20. The number of aromatic nitrogens is 2. The fraction of sp³-hybridized carbons (Fsp3) is 0.400. The molecule has 0 N–H and O–H groups in total. The Bertz CT molecular complexity index is 1200. The SMILES string of the molecule is C/C(=C\C=C1\C(=O)N(C[C@@]23CC2CO/C=C(F)/C(F)=C(Cl)\C=C\3C)CCN1C=O)n1cnc(C)c1. The Morgan fingerprint density at radius 3 is 2.80 bits per heavy atom. The molecule has 1 saturated heterocycles. The number of ether oxygens (including phenoxy) is 1. The van der Waals surface area contributed by atoms with Gasteiger partial charge in [0, 0.05) is 42.9 Å². The molecule has 2 atom stereocenters. The molecule has 3 aliphatic rings. The summed E-state index contributed by atoms with van der Waals surface area (Å²) >= 11 is 6.00. The van der Waals surface area contributed by atoms with Crippen LogP contribution in [0, 0.1) is 18.3 Å². The molecule has 1 aliphatic carbocycles. The Morgan fingerprint density at radius 1 is 1.34 bits per heavy atom. The van der Waals surface area contributed by atoms with E-state index in [0.29, 0.717) is 32.5 Å². The molecule has 0 bridgehead atoms. The lowest BCUT2D eigenvalue weighted by Crippen LogP contribution is -2.50. The van der Waals surface area contributed by atoms with Gasteiger partial charge in [0.15, 0.2) is 11.7 Å². The average Bonchev–Trinajstić information content (AvgIpc) is 3.36. The van der Waals surface area contributed by atoms with E-state index in [1.165, 1.54) is 11.0 Å². The van der Waals surface area contributed by atoms with Crippen molar-refractivity contribution in [3.8, 4) is 0 Å². The molecule has 7 nitrogen and oxygen atoms in total. The summed E-state index contributed by atoms with van der Waals surface area (Å²) in [6, 6.07) is 0. The molecule has 186 valence electrons. The van der Waals surface area contributed by atoms with E-state index in [1.54, 1.807) is 30.3 Å². The van der Waals surface area contributed by atoms with Crippen molar-refractivity contribution in [2.75, 3.05) is 26.2 Å². The number of rotatable bonds is 5. The number of aryl methyl sites for hydroxylation is 1. The van der Waals surface area contributed by atoms with E-state index in [2.05, 4.69) is 4.98 Å². The molecule has 0 aromatic carbocycles. The van der Waals surface area contributed by atoms with Crippen LogP contribution in [0.15, 0.2) is 65.0 Å². The second-order valence-electron chi connectivity index (χ2n) is 9.15. The van der Waals surface area contributed by atoms with E-state index in [1.807, 2.05) is 24.6 Å². The van der Waals surface area contributed by atoms with Crippen LogP contribution in [0.2, 0.25) is 0 Å². The summed E-state index contributed by atoms with van der Waals surface area (Å²) in [5.41, 5.74) is 2.25. The van der Waals surface area contributed by atoms with Crippen LogP contribution < -0.4 is 0 Å². The van der Waals surface area contributed by atoms with Crippen molar-refractivity contribution in [1.29, 1.82) is 0 Å². The number of halogens is 3. The third-order valence-corrected chi connectivity index (χ3v) is 7.17. The highest BCUT2D eigenvalue weighted by atomic mass is 35.5. The molecule has 4 rings (SSSR count). The fourth-order valence-corrected chi connectivity index (χ4v) is 4.86. The van der Waals surface area contributed by atoms with Gasteiger partial charge in [-0.1, -0.05) is 17.2 Å². The van der Waals surface area contributed by atoms with E-state index >= 15 is 0 Å². The van der Waals surface area contributed by atoms with Crippen molar-refractivity contribution in [2.45, 2.75) is 27.2 Å². The molecule has 0 spiro atoms. The van der Waals surface area contributed by atoms with E-state index in [4.69, 9.17) is 16.3 Å². The molecule has 2 amide bonds. The highest BCUT2D eigenvalue weighted by Crippen LogP contribution is 2.59. The highest BCUT2D eigenvalue weighted by Gasteiger charge is 2.57. The van der Waals surface area contributed by atoms with Crippen LogP contribution in [0.1, 0.15) is 26.0 Å². The molecule has 0 radical (unpaired) electrons. The summed E-state index contributed by atoms with van der Waals surface area (Å²) in [5, 5.41) is -0.347. The largest absolute Gasteiger partial charge is 0.498 e. The monoisotopic (exact) mass is 504 g/mol. The number of hydrogen-bond donors (Lipinski definition) is 0. The number of hydrogen-bond acceptors (Lipinski definition) is 4.